The maximum Gasteiger partial charge on any atom is 0.271 e. The number of nitrogens with zero attached hydrogens (tertiary/aromatic N) is 1. The third-order valence-corrected chi connectivity index (χ3v) is 4.23. The van der Waals surface area contributed by atoms with Crippen molar-refractivity contribution >= 4 is 12.1 Å². The van der Waals surface area contributed by atoms with Crippen molar-refractivity contribution in [1.29, 1.82) is 0 Å². The van der Waals surface area contributed by atoms with Gasteiger partial charge in [0.2, 0.25) is 0 Å². The molecule has 0 aliphatic carbocycles. The number of nitrogens with one attached hydrogen (secondary N) is 1. The second-order valence-electron chi connectivity index (χ2n) is 6.34. The molecule has 0 atom stereocenters. The molecule has 0 unspecified atom stereocenters. The molecule has 0 bridgehead atoms. The number of rotatable bonds is 9. The molecule has 1 amide bonds. The standard InChI is InChI=1S/C24H24N2O4/c1-3-29-21-12-10-20(11-13-21)24(27)26-25-16-19-9-14-22(28-2)23(15-19)30-17-18-7-5-4-6-8-18/h4-16H,3,17H2,1-2H3,(H,26,27)/b25-16+. The Morgan fingerprint density at radius 3 is 2.43 bits per heavy atom. The number of benzene rings is 3. The predicted molar refractivity (Wildman–Crippen MR) is 116 cm³/mol. The van der Waals surface area contributed by atoms with Crippen LogP contribution in [0.3, 0.4) is 0 Å². The van der Waals surface area contributed by atoms with E-state index in [1.807, 2.05) is 49.4 Å². The van der Waals surface area contributed by atoms with E-state index in [2.05, 4.69) is 10.5 Å². The summed E-state index contributed by atoms with van der Waals surface area (Å²) < 4.78 is 16.6. The maximum atomic E-state index is 12.2. The fraction of sp³-hybridized carbons (Fsp3) is 0.167. The molecule has 0 aliphatic rings. The van der Waals surface area contributed by atoms with Gasteiger partial charge < -0.3 is 14.2 Å². The summed E-state index contributed by atoms with van der Waals surface area (Å²) in [5.74, 6) is 1.65. The second kappa shape index (κ2) is 10.7. The average Bonchev–Trinajstić information content (AvgIpc) is 2.79. The minimum atomic E-state index is -0.302. The first-order chi connectivity index (χ1) is 14.7. The van der Waals surface area contributed by atoms with E-state index >= 15 is 0 Å². The molecule has 154 valence electrons. The van der Waals surface area contributed by atoms with Crippen molar-refractivity contribution in [1.82, 2.24) is 5.43 Å². The van der Waals surface area contributed by atoms with Gasteiger partial charge in [-0.2, -0.15) is 5.10 Å². The number of amides is 1. The lowest BCUT2D eigenvalue weighted by Gasteiger charge is -2.11. The summed E-state index contributed by atoms with van der Waals surface area (Å²) >= 11 is 0. The summed E-state index contributed by atoms with van der Waals surface area (Å²) in [6.45, 7) is 2.91. The van der Waals surface area contributed by atoms with Crippen molar-refractivity contribution in [2.75, 3.05) is 13.7 Å². The van der Waals surface area contributed by atoms with Crippen LogP contribution in [0, 0.1) is 0 Å². The minimum absolute atomic E-state index is 0.302. The van der Waals surface area contributed by atoms with Crippen molar-refractivity contribution in [3.8, 4) is 17.2 Å². The van der Waals surface area contributed by atoms with Crippen molar-refractivity contribution < 1.29 is 19.0 Å². The minimum Gasteiger partial charge on any atom is -0.494 e. The zero-order valence-electron chi connectivity index (χ0n) is 17.0. The Balaban J connectivity index is 1.62. The first kappa shape index (κ1) is 20.9. The van der Waals surface area contributed by atoms with Crippen molar-refractivity contribution in [3.05, 3.63) is 89.5 Å². The van der Waals surface area contributed by atoms with Gasteiger partial charge in [0.05, 0.1) is 19.9 Å². The summed E-state index contributed by atoms with van der Waals surface area (Å²) in [6, 6.07) is 22.2. The van der Waals surface area contributed by atoms with Crippen molar-refractivity contribution in [2.45, 2.75) is 13.5 Å². The topological polar surface area (TPSA) is 69.2 Å². The van der Waals surface area contributed by atoms with Crippen LogP contribution in [-0.4, -0.2) is 25.8 Å². The molecule has 0 fully saturated rings. The van der Waals surface area contributed by atoms with Crippen molar-refractivity contribution in [3.63, 3.8) is 0 Å². The molecule has 30 heavy (non-hydrogen) atoms. The smallest absolute Gasteiger partial charge is 0.271 e. The fourth-order valence-electron chi connectivity index (χ4n) is 2.72. The van der Waals surface area contributed by atoms with Gasteiger partial charge in [-0.15, -0.1) is 0 Å². The van der Waals surface area contributed by atoms with Crippen LogP contribution in [0.5, 0.6) is 17.2 Å². The number of carbonyl (C=O) groups is 1. The molecule has 1 N–H and O–H groups in total. The van der Waals surface area contributed by atoms with E-state index in [4.69, 9.17) is 14.2 Å². The quantitative estimate of drug-likeness (QED) is 0.423. The molecule has 6 heteroatoms. The van der Waals surface area contributed by atoms with E-state index in [1.54, 1.807) is 43.7 Å². The highest BCUT2D eigenvalue weighted by atomic mass is 16.5. The Morgan fingerprint density at radius 1 is 0.967 bits per heavy atom. The molecular weight excluding hydrogens is 380 g/mol. The monoisotopic (exact) mass is 404 g/mol. The molecular formula is C24H24N2O4. The summed E-state index contributed by atoms with van der Waals surface area (Å²) in [4.78, 5) is 12.2. The van der Waals surface area contributed by atoms with Gasteiger partial charge >= 0.3 is 0 Å². The first-order valence-corrected chi connectivity index (χ1v) is 9.60. The van der Waals surface area contributed by atoms with Gasteiger partial charge in [-0.1, -0.05) is 30.3 Å². The Bertz CT molecular complexity index is 986. The zero-order valence-corrected chi connectivity index (χ0v) is 17.0. The second-order valence-corrected chi connectivity index (χ2v) is 6.34. The Morgan fingerprint density at radius 2 is 1.73 bits per heavy atom. The van der Waals surface area contributed by atoms with E-state index in [0.29, 0.717) is 30.3 Å². The third-order valence-electron chi connectivity index (χ3n) is 4.23. The van der Waals surface area contributed by atoms with E-state index < -0.39 is 0 Å². The van der Waals surface area contributed by atoms with Gasteiger partial charge in [0, 0.05) is 5.56 Å². The molecule has 3 aromatic carbocycles. The van der Waals surface area contributed by atoms with E-state index in [1.165, 1.54) is 0 Å². The van der Waals surface area contributed by atoms with Crippen LogP contribution in [0.2, 0.25) is 0 Å². The van der Waals surface area contributed by atoms with E-state index in [0.717, 1.165) is 16.9 Å². The number of hydrazone groups is 1. The number of hydrogen-bond donors (Lipinski definition) is 1. The lowest BCUT2D eigenvalue weighted by Crippen LogP contribution is -2.17. The molecule has 0 saturated heterocycles. The number of methoxy groups -OCH3 is 1. The molecule has 0 aliphatic heterocycles. The SMILES string of the molecule is CCOc1ccc(C(=O)N/N=C/c2ccc(OC)c(OCc3ccccc3)c2)cc1. The van der Waals surface area contributed by atoms with Gasteiger partial charge in [-0.3, -0.25) is 4.79 Å². The molecule has 0 aromatic heterocycles. The largest absolute Gasteiger partial charge is 0.494 e. The van der Waals surface area contributed by atoms with Crippen LogP contribution in [-0.2, 0) is 6.61 Å². The van der Waals surface area contributed by atoms with Gasteiger partial charge in [0.15, 0.2) is 11.5 Å². The average molecular weight is 404 g/mol. The van der Waals surface area contributed by atoms with Gasteiger partial charge in [0.25, 0.3) is 5.91 Å². The summed E-state index contributed by atoms with van der Waals surface area (Å²) in [7, 11) is 1.59. The highest BCUT2D eigenvalue weighted by Gasteiger charge is 2.07. The Labute approximate surface area is 176 Å². The van der Waals surface area contributed by atoms with Crippen LogP contribution >= 0.6 is 0 Å². The Hall–Kier alpha value is -3.80. The summed E-state index contributed by atoms with van der Waals surface area (Å²) in [5, 5.41) is 4.04. The third kappa shape index (κ3) is 5.85. The highest BCUT2D eigenvalue weighted by Crippen LogP contribution is 2.28. The number of hydrogen-bond acceptors (Lipinski definition) is 5. The molecule has 0 radical (unpaired) electrons. The lowest BCUT2D eigenvalue weighted by atomic mass is 10.2. The number of ether oxygens (including phenoxy) is 3. The van der Waals surface area contributed by atoms with Crippen LogP contribution in [0.1, 0.15) is 28.4 Å². The van der Waals surface area contributed by atoms with Gasteiger partial charge in [0.1, 0.15) is 12.4 Å². The maximum absolute atomic E-state index is 12.2. The van der Waals surface area contributed by atoms with E-state index in [9.17, 15) is 4.79 Å². The van der Waals surface area contributed by atoms with Crippen molar-refractivity contribution in [2.24, 2.45) is 5.10 Å². The highest BCUT2D eigenvalue weighted by molar-refractivity contribution is 5.95. The molecule has 6 nitrogen and oxygen atoms in total. The van der Waals surface area contributed by atoms with Gasteiger partial charge in [-0.25, -0.2) is 5.43 Å². The summed E-state index contributed by atoms with van der Waals surface area (Å²) in [6.07, 6.45) is 1.56. The predicted octanol–water partition coefficient (Wildman–Crippen LogP) is 4.44. The van der Waals surface area contributed by atoms with Crippen LogP contribution in [0.25, 0.3) is 0 Å². The fourth-order valence-corrected chi connectivity index (χ4v) is 2.72. The normalized spacial score (nSPS) is 10.6. The van der Waals surface area contributed by atoms with Crippen LogP contribution in [0.15, 0.2) is 77.9 Å². The molecule has 0 spiro atoms. The van der Waals surface area contributed by atoms with Gasteiger partial charge in [-0.05, 0) is 60.5 Å². The van der Waals surface area contributed by atoms with E-state index in [-0.39, 0.29) is 5.91 Å². The zero-order chi connectivity index (χ0) is 21.2. The van der Waals surface area contributed by atoms with Crippen LogP contribution < -0.4 is 19.6 Å². The molecule has 3 aromatic rings. The molecule has 0 heterocycles. The van der Waals surface area contributed by atoms with Crippen LogP contribution in [0.4, 0.5) is 0 Å². The lowest BCUT2D eigenvalue weighted by molar-refractivity contribution is 0.0955. The first-order valence-electron chi connectivity index (χ1n) is 9.60. The Kier molecular flexibility index (Phi) is 7.44. The molecule has 0 saturated carbocycles. The number of carbonyl (C=O) groups excluding carboxylic acids is 1. The molecule has 3 rings (SSSR count). The summed E-state index contributed by atoms with van der Waals surface area (Å²) in [5.41, 5.74) is 4.85.